The van der Waals surface area contributed by atoms with Crippen LogP contribution in [0, 0.1) is 0 Å². The SMILES string of the molecule is COC(=O)C(Cn1cnc2ccccc21)NC1CC1. The normalized spacial score (nSPS) is 16.5. The smallest absolute Gasteiger partial charge is 0.324 e. The predicted octanol–water partition coefficient (Wildman–Crippen LogP) is 1.33. The minimum absolute atomic E-state index is 0.218. The Hall–Kier alpha value is -1.88. The van der Waals surface area contributed by atoms with E-state index in [1.807, 2.05) is 28.8 Å². The molecule has 5 heteroatoms. The Bertz CT molecular complexity index is 589. The Labute approximate surface area is 111 Å². The van der Waals surface area contributed by atoms with Crippen molar-refractivity contribution in [3.8, 4) is 0 Å². The summed E-state index contributed by atoms with van der Waals surface area (Å²) < 4.78 is 6.86. The lowest BCUT2D eigenvalue weighted by atomic mass is 10.2. The highest BCUT2D eigenvalue weighted by molar-refractivity contribution is 5.77. The fourth-order valence-electron chi connectivity index (χ4n) is 2.22. The monoisotopic (exact) mass is 259 g/mol. The van der Waals surface area contributed by atoms with E-state index < -0.39 is 0 Å². The van der Waals surface area contributed by atoms with Crippen LogP contribution in [0.4, 0.5) is 0 Å². The van der Waals surface area contributed by atoms with Crippen molar-refractivity contribution in [2.24, 2.45) is 0 Å². The molecule has 1 atom stereocenters. The van der Waals surface area contributed by atoms with Gasteiger partial charge in [0.05, 0.1) is 31.0 Å². The molecular weight excluding hydrogens is 242 g/mol. The zero-order valence-corrected chi connectivity index (χ0v) is 10.9. The van der Waals surface area contributed by atoms with Gasteiger partial charge in [-0.05, 0) is 25.0 Å². The van der Waals surface area contributed by atoms with Crippen molar-refractivity contribution in [1.29, 1.82) is 0 Å². The highest BCUT2D eigenvalue weighted by Crippen LogP contribution is 2.20. The van der Waals surface area contributed by atoms with E-state index in [2.05, 4.69) is 10.3 Å². The van der Waals surface area contributed by atoms with E-state index in [-0.39, 0.29) is 12.0 Å². The average molecular weight is 259 g/mol. The number of hydrogen-bond acceptors (Lipinski definition) is 4. The molecule has 1 saturated carbocycles. The number of imidazole rings is 1. The molecule has 1 fully saturated rings. The van der Waals surface area contributed by atoms with Gasteiger partial charge in [0.25, 0.3) is 0 Å². The quantitative estimate of drug-likeness (QED) is 0.823. The number of esters is 1. The summed E-state index contributed by atoms with van der Waals surface area (Å²) >= 11 is 0. The number of carbonyl (C=O) groups is 1. The van der Waals surface area contributed by atoms with Gasteiger partial charge < -0.3 is 14.6 Å². The molecule has 0 spiro atoms. The maximum Gasteiger partial charge on any atom is 0.324 e. The largest absolute Gasteiger partial charge is 0.468 e. The lowest BCUT2D eigenvalue weighted by molar-refractivity contribution is -0.143. The topological polar surface area (TPSA) is 56.2 Å². The summed E-state index contributed by atoms with van der Waals surface area (Å²) in [5.41, 5.74) is 1.98. The van der Waals surface area contributed by atoms with E-state index in [1.54, 1.807) is 6.33 Å². The fourth-order valence-corrected chi connectivity index (χ4v) is 2.22. The first-order valence-electron chi connectivity index (χ1n) is 6.51. The number of benzene rings is 1. The number of fused-ring (bicyclic) bond motifs is 1. The highest BCUT2D eigenvalue weighted by atomic mass is 16.5. The molecule has 1 aliphatic rings. The molecule has 2 aromatic rings. The van der Waals surface area contributed by atoms with Crippen LogP contribution in [0.1, 0.15) is 12.8 Å². The van der Waals surface area contributed by atoms with Gasteiger partial charge >= 0.3 is 5.97 Å². The second-order valence-corrected chi connectivity index (χ2v) is 4.90. The first kappa shape index (κ1) is 12.2. The van der Waals surface area contributed by atoms with E-state index in [1.165, 1.54) is 7.11 Å². The van der Waals surface area contributed by atoms with E-state index in [0.717, 1.165) is 23.9 Å². The van der Waals surface area contributed by atoms with Crippen molar-refractivity contribution in [1.82, 2.24) is 14.9 Å². The van der Waals surface area contributed by atoms with Crippen molar-refractivity contribution in [2.75, 3.05) is 7.11 Å². The minimum atomic E-state index is -0.310. The zero-order chi connectivity index (χ0) is 13.2. The summed E-state index contributed by atoms with van der Waals surface area (Å²) in [5, 5.41) is 3.32. The molecule has 1 aromatic carbocycles. The maximum absolute atomic E-state index is 11.8. The number of carbonyl (C=O) groups excluding carboxylic acids is 1. The molecule has 100 valence electrons. The molecule has 0 amide bonds. The summed E-state index contributed by atoms with van der Waals surface area (Å²) in [6.45, 7) is 0.545. The summed E-state index contributed by atoms with van der Waals surface area (Å²) in [6, 6.07) is 8.05. The number of para-hydroxylation sites is 2. The Morgan fingerprint density at radius 3 is 3.05 bits per heavy atom. The molecule has 0 aliphatic heterocycles. The van der Waals surface area contributed by atoms with E-state index in [0.29, 0.717) is 12.6 Å². The van der Waals surface area contributed by atoms with Gasteiger partial charge in [-0.1, -0.05) is 12.1 Å². The molecule has 0 radical (unpaired) electrons. The number of rotatable bonds is 5. The fraction of sp³-hybridized carbons (Fsp3) is 0.429. The van der Waals surface area contributed by atoms with E-state index >= 15 is 0 Å². The van der Waals surface area contributed by atoms with Crippen molar-refractivity contribution in [2.45, 2.75) is 31.5 Å². The number of ether oxygens (including phenoxy) is 1. The van der Waals surface area contributed by atoms with Crippen LogP contribution >= 0.6 is 0 Å². The number of hydrogen-bond donors (Lipinski definition) is 1. The lowest BCUT2D eigenvalue weighted by Gasteiger charge is -2.17. The van der Waals surface area contributed by atoms with Gasteiger partial charge in [0, 0.05) is 6.04 Å². The number of nitrogens with one attached hydrogen (secondary N) is 1. The molecule has 1 heterocycles. The summed E-state index contributed by atoms with van der Waals surface area (Å²) in [6.07, 6.45) is 4.05. The molecule has 19 heavy (non-hydrogen) atoms. The molecule has 1 aliphatic carbocycles. The van der Waals surface area contributed by atoms with Gasteiger partial charge in [0.1, 0.15) is 6.04 Å². The van der Waals surface area contributed by atoms with E-state index in [4.69, 9.17) is 4.74 Å². The molecular formula is C14H17N3O2. The van der Waals surface area contributed by atoms with Crippen LogP contribution in [0.3, 0.4) is 0 Å². The number of methoxy groups -OCH3 is 1. The maximum atomic E-state index is 11.8. The lowest BCUT2D eigenvalue weighted by Crippen LogP contribution is -2.42. The third-order valence-corrected chi connectivity index (χ3v) is 3.41. The molecule has 1 unspecified atom stereocenters. The van der Waals surface area contributed by atoms with Gasteiger partial charge in [-0.2, -0.15) is 0 Å². The predicted molar refractivity (Wildman–Crippen MR) is 71.7 cm³/mol. The van der Waals surface area contributed by atoms with Gasteiger partial charge in [0.15, 0.2) is 0 Å². The Morgan fingerprint density at radius 1 is 1.53 bits per heavy atom. The number of aromatic nitrogens is 2. The van der Waals surface area contributed by atoms with Crippen LogP contribution in [-0.4, -0.2) is 34.7 Å². The Morgan fingerprint density at radius 2 is 2.32 bits per heavy atom. The molecule has 1 aromatic heterocycles. The van der Waals surface area contributed by atoms with Gasteiger partial charge in [-0.15, -0.1) is 0 Å². The third-order valence-electron chi connectivity index (χ3n) is 3.41. The standard InChI is InChI=1S/C14H17N3O2/c1-19-14(18)12(16-10-6-7-10)8-17-9-15-11-4-2-3-5-13(11)17/h2-5,9-10,12,16H,6-8H2,1H3. The van der Waals surface area contributed by atoms with Crippen LogP contribution < -0.4 is 5.32 Å². The average Bonchev–Trinajstić information content (AvgIpc) is 3.17. The zero-order valence-electron chi connectivity index (χ0n) is 10.9. The van der Waals surface area contributed by atoms with Crippen LogP contribution in [0.2, 0.25) is 0 Å². The molecule has 5 nitrogen and oxygen atoms in total. The molecule has 1 N–H and O–H groups in total. The second-order valence-electron chi connectivity index (χ2n) is 4.90. The summed E-state index contributed by atoms with van der Waals surface area (Å²) in [4.78, 5) is 16.2. The van der Waals surface area contributed by atoms with Crippen LogP contribution in [0.15, 0.2) is 30.6 Å². The summed E-state index contributed by atoms with van der Waals surface area (Å²) in [7, 11) is 1.43. The molecule has 3 rings (SSSR count). The van der Waals surface area contributed by atoms with Gasteiger partial charge in [-0.25, -0.2) is 4.98 Å². The van der Waals surface area contributed by atoms with Gasteiger partial charge in [-0.3, -0.25) is 4.79 Å². The van der Waals surface area contributed by atoms with Crippen LogP contribution in [-0.2, 0) is 16.1 Å². The second kappa shape index (κ2) is 5.01. The van der Waals surface area contributed by atoms with Gasteiger partial charge in [0.2, 0.25) is 0 Å². The summed E-state index contributed by atoms with van der Waals surface area (Å²) in [5.74, 6) is -0.218. The Kier molecular flexibility index (Phi) is 3.21. The highest BCUT2D eigenvalue weighted by Gasteiger charge is 2.29. The first-order valence-corrected chi connectivity index (χ1v) is 6.51. The minimum Gasteiger partial charge on any atom is -0.468 e. The van der Waals surface area contributed by atoms with Crippen molar-refractivity contribution < 1.29 is 9.53 Å². The molecule has 0 bridgehead atoms. The Balaban J connectivity index is 1.81. The van der Waals surface area contributed by atoms with Crippen molar-refractivity contribution >= 4 is 17.0 Å². The van der Waals surface area contributed by atoms with E-state index in [9.17, 15) is 4.79 Å². The van der Waals surface area contributed by atoms with Crippen molar-refractivity contribution in [3.05, 3.63) is 30.6 Å². The first-order chi connectivity index (χ1) is 9.28. The van der Waals surface area contributed by atoms with Crippen LogP contribution in [0.25, 0.3) is 11.0 Å². The number of nitrogens with zero attached hydrogens (tertiary/aromatic N) is 2. The van der Waals surface area contributed by atoms with Crippen molar-refractivity contribution in [3.63, 3.8) is 0 Å². The third kappa shape index (κ3) is 2.61. The van der Waals surface area contributed by atoms with Crippen LogP contribution in [0.5, 0.6) is 0 Å². The molecule has 0 saturated heterocycles.